The summed E-state index contributed by atoms with van der Waals surface area (Å²) >= 11 is 0. The summed E-state index contributed by atoms with van der Waals surface area (Å²) in [6, 6.07) is 24.2. The summed E-state index contributed by atoms with van der Waals surface area (Å²) in [4.78, 5) is 36.5. The van der Waals surface area contributed by atoms with Gasteiger partial charge in [-0.3, -0.25) is 14.4 Å². The number of rotatable bonds is 6. The van der Waals surface area contributed by atoms with E-state index in [1.54, 1.807) is 84.9 Å². The standard InChI is InChI=1S/C24H20N2O4/c1-17(27)30-21-14-12-18(13-15-21)16-22(24(29)25-20-10-6-3-7-11-20)26-23(28)19-8-4-2-5-9-19/h2-16H,1H3,(H,25,29)(H,26,28). The fourth-order valence-electron chi connectivity index (χ4n) is 2.63. The molecule has 2 amide bonds. The van der Waals surface area contributed by atoms with E-state index in [0.29, 0.717) is 22.6 Å². The Morgan fingerprint density at radius 3 is 2.00 bits per heavy atom. The summed E-state index contributed by atoms with van der Waals surface area (Å²) in [6.07, 6.45) is 1.55. The molecule has 3 rings (SSSR count). The monoisotopic (exact) mass is 400 g/mol. The molecule has 0 spiro atoms. The first-order valence-corrected chi connectivity index (χ1v) is 9.24. The molecule has 30 heavy (non-hydrogen) atoms. The number of nitrogens with one attached hydrogen (secondary N) is 2. The average molecular weight is 400 g/mol. The van der Waals surface area contributed by atoms with Crippen LogP contribution in [0.15, 0.2) is 90.6 Å². The first kappa shape index (κ1) is 20.5. The molecule has 150 valence electrons. The van der Waals surface area contributed by atoms with Crippen LogP contribution >= 0.6 is 0 Å². The molecule has 6 heteroatoms. The maximum absolute atomic E-state index is 12.8. The quantitative estimate of drug-likeness (QED) is 0.372. The lowest BCUT2D eigenvalue weighted by Crippen LogP contribution is -2.30. The second-order valence-electron chi connectivity index (χ2n) is 6.36. The van der Waals surface area contributed by atoms with Gasteiger partial charge in [0.05, 0.1) is 0 Å². The molecule has 6 nitrogen and oxygen atoms in total. The number of esters is 1. The normalized spacial score (nSPS) is 10.8. The van der Waals surface area contributed by atoms with Crippen molar-refractivity contribution in [3.8, 4) is 5.75 Å². The Morgan fingerprint density at radius 2 is 1.40 bits per heavy atom. The third-order valence-electron chi connectivity index (χ3n) is 4.01. The average Bonchev–Trinajstić information content (AvgIpc) is 2.75. The van der Waals surface area contributed by atoms with Gasteiger partial charge in [0, 0.05) is 18.2 Å². The molecule has 0 aliphatic rings. The largest absolute Gasteiger partial charge is 0.427 e. The Kier molecular flexibility index (Phi) is 6.74. The summed E-state index contributed by atoms with van der Waals surface area (Å²) < 4.78 is 5.01. The van der Waals surface area contributed by atoms with E-state index >= 15 is 0 Å². The number of para-hydroxylation sites is 1. The summed E-state index contributed by atoms with van der Waals surface area (Å²) in [5, 5.41) is 5.44. The first-order valence-electron chi connectivity index (χ1n) is 9.24. The van der Waals surface area contributed by atoms with E-state index < -0.39 is 17.8 Å². The fourth-order valence-corrected chi connectivity index (χ4v) is 2.63. The van der Waals surface area contributed by atoms with Crippen molar-refractivity contribution < 1.29 is 19.1 Å². The van der Waals surface area contributed by atoms with E-state index in [9.17, 15) is 14.4 Å². The number of carbonyl (C=O) groups is 3. The maximum Gasteiger partial charge on any atom is 0.308 e. The SMILES string of the molecule is CC(=O)Oc1ccc(C=C(NC(=O)c2ccccc2)C(=O)Nc2ccccc2)cc1. The Bertz CT molecular complexity index is 1060. The van der Waals surface area contributed by atoms with Crippen molar-refractivity contribution in [2.75, 3.05) is 5.32 Å². The van der Waals surface area contributed by atoms with Gasteiger partial charge < -0.3 is 15.4 Å². The molecule has 3 aromatic rings. The van der Waals surface area contributed by atoms with Crippen molar-refractivity contribution >= 4 is 29.5 Å². The van der Waals surface area contributed by atoms with Gasteiger partial charge in [0.15, 0.2) is 0 Å². The van der Waals surface area contributed by atoms with E-state index in [0.717, 1.165) is 0 Å². The van der Waals surface area contributed by atoms with Gasteiger partial charge in [0.2, 0.25) is 0 Å². The number of hydrogen-bond donors (Lipinski definition) is 2. The lowest BCUT2D eigenvalue weighted by Gasteiger charge is -2.11. The van der Waals surface area contributed by atoms with Gasteiger partial charge in [-0.25, -0.2) is 0 Å². The molecule has 2 N–H and O–H groups in total. The molecule has 0 aromatic heterocycles. The number of benzene rings is 3. The fraction of sp³-hybridized carbons (Fsp3) is 0.0417. The zero-order chi connectivity index (χ0) is 21.3. The number of hydrogen-bond acceptors (Lipinski definition) is 4. The first-order chi connectivity index (χ1) is 14.5. The zero-order valence-electron chi connectivity index (χ0n) is 16.3. The third-order valence-corrected chi connectivity index (χ3v) is 4.01. The van der Waals surface area contributed by atoms with Gasteiger partial charge in [-0.15, -0.1) is 0 Å². The van der Waals surface area contributed by atoms with Crippen LogP contribution in [0.25, 0.3) is 6.08 Å². The van der Waals surface area contributed by atoms with Crippen LogP contribution in [0.1, 0.15) is 22.8 Å². The third kappa shape index (κ3) is 5.90. The summed E-state index contributed by atoms with van der Waals surface area (Å²) in [5.41, 5.74) is 1.76. The Balaban J connectivity index is 1.86. The van der Waals surface area contributed by atoms with Crippen molar-refractivity contribution in [1.29, 1.82) is 0 Å². The van der Waals surface area contributed by atoms with Crippen molar-refractivity contribution in [1.82, 2.24) is 5.32 Å². The number of ether oxygens (including phenoxy) is 1. The Labute approximate surface area is 174 Å². The predicted molar refractivity (Wildman–Crippen MR) is 115 cm³/mol. The second-order valence-corrected chi connectivity index (χ2v) is 6.36. The minimum Gasteiger partial charge on any atom is -0.427 e. The van der Waals surface area contributed by atoms with Crippen LogP contribution in [-0.4, -0.2) is 17.8 Å². The molecule has 0 saturated carbocycles. The smallest absolute Gasteiger partial charge is 0.308 e. The molecule has 0 fully saturated rings. The van der Waals surface area contributed by atoms with Gasteiger partial charge >= 0.3 is 5.97 Å². The van der Waals surface area contributed by atoms with Crippen LogP contribution < -0.4 is 15.4 Å². The molecule has 0 aliphatic carbocycles. The lowest BCUT2D eigenvalue weighted by molar-refractivity contribution is -0.131. The van der Waals surface area contributed by atoms with Crippen LogP contribution in [0.4, 0.5) is 5.69 Å². The molecule has 0 unspecified atom stereocenters. The molecule has 0 aliphatic heterocycles. The van der Waals surface area contributed by atoms with Gasteiger partial charge in [0.1, 0.15) is 11.4 Å². The highest BCUT2D eigenvalue weighted by Gasteiger charge is 2.15. The topological polar surface area (TPSA) is 84.5 Å². The lowest BCUT2D eigenvalue weighted by atomic mass is 10.1. The van der Waals surface area contributed by atoms with Crippen LogP contribution in [-0.2, 0) is 9.59 Å². The van der Waals surface area contributed by atoms with Crippen molar-refractivity contribution in [3.05, 3.63) is 102 Å². The van der Waals surface area contributed by atoms with Gasteiger partial charge in [0.25, 0.3) is 11.8 Å². The van der Waals surface area contributed by atoms with E-state index in [-0.39, 0.29) is 5.70 Å². The Hall–Kier alpha value is -4.19. The molecule has 0 heterocycles. The highest BCUT2D eigenvalue weighted by atomic mass is 16.5. The molecular formula is C24H20N2O4. The highest BCUT2D eigenvalue weighted by Crippen LogP contribution is 2.16. The summed E-state index contributed by atoms with van der Waals surface area (Å²) in [7, 11) is 0. The van der Waals surface area contributed by atoms with E-state index in [1.807, 2.05) is 6.07 Å². The van der Waals surface area contributed by atoms with E-state index in [4.69, 9.17) is 4.74 Å². The molecule has 3 aromatic carbocycles. The van der Waals surface area contributed by atoms with Gasteiger partial charge in [-0.1, -0.05) is 48.5 Å². The molecule has 0 atom stereocenters. The minimum atomic E-state index is -0.463. The molecule has 0 saturated heterocycles. The number of carbonyl (C=O) groups excluding carboxylic acids is 3. The van der Waals surface area contributed by atoms with Crippen molar-refractivity contribution in [2.24, 2.45) is 0 Å². The number of amides is 2. The van der Waals surface area contributed by atoms with Crippen LogP contribution in [0, 0.1) is 0 Å². The zero-order valence-corrected chi connectivity index (χ0v) is 16.3. The Morgan fingerprint density at radius 1 is 0.800 bits per heavy atom. The molecule has 0 bridgehead atoms. The summed E-state index contributed by atoms with van der Waals surface area (Å²) in [6.45, 7) is 1.32. The van der Waals surface area contributed by atoms with Crippen molar-refractivity contribution in [3.63, 3.8) is 0 Å². The van der Waals surface area contributed by atoms with Gasteiger partial charge in [-0.05, 0) is 48.0 Å². The predicted octanol–water partition coefficient (Wildman–Crippen LogP) is 4.02. The van der Waals surface area contributed by atoms with Crippen LogP contribution in [0.2, 0.25) is 0 Å². The van der Waals surface area contributed by atoms with E-state index in [2.05, 4.69) is 10.6 Å². The van der Waals surface area contributed by atoms with E-state index in [1.165, 1.54) is 6.92 Å². The maximum atomic E-state index is 12.8. The van der Waals surface area contributed by atoms with Crippen LogP contribution in [0.3, 0.4) is 0 Å². The van der Waals surface area contributed by atoms with Crippen molar-refractivity contribution in [2.45, 2.75) is 6.92 Å². The highest BCUT2D eigenvalue weighted by molar-refractivity contribution is 6.10. The molecular weight excluding hydrogens is 380 g/mol. The molecule has 0 radical (unpaired) electrons. The number of anilines is 1. The van der Waals surface area contributed by atoms with Crippen LogP contribution in [0.5, 0.6) is 5.75 Å². The minimum absolute atomic E-state index is 0.0768. The summed E-state index contributed by atoms with van der Waals surface area (Å²) in [5.74, 6) is -0.893. The second kappa shape index (κ2) is 9.84. The van der Waals surface area contributed by atoms with Gasteiger partial charge in [-0.2, -0.15) is 0 Å².